The molecule has 2 nitrogen and oxygen atoms in total. The lowest BCUT2D eigenvalue weighted by atomic mass is 10.2. The van der Waals surface area contributed by atoms with Gasteiger partial charge in [-0.2, -0.15) is 0 Å². The first kappa shape index (κ1) is 11.2. The maximum atomic E-state index is 11.8. The van der Waals surface area contributed by atoms with Crippen LogP contribution in [0.25, 0.3) is 0 Å². The van der Waals surface area contributed by atoms with E-state index in [1.165, 1.54) is 0 Å². The first-order valence-electron chi connectivity index (χ1n) is 4.80. The van der Waals surface area contributed by atoms with Gasteiger partial charge in [-0.15, -0.1) is 6.58 Å². The molecule has 0 radical (unpaired) electrons. The van der Waals surface area contributed by atoms with Crippen molar-refractivity contribution >= 4 is 11.6 Å². The van der Waals surface area contributed by atoms with E-state index in [0.29, 0.717) is 12.1 Å². The molecule has 0 saturated heterocycles. The molecule has 0 aliphatic heterocycles. The van der Waals surface area contributed by atoms with Gasteiger partial charge in [0.2, 0.25) is 0 Å². The van der Waals surface area contributed by atoms with Crippen molar-refractivity contribution in [2.75, 3.05) is 11.4 Å². The molecule has 0 fully saturated rings. The lowest BCUT2D eigenvalue weighted by Gasteiger charge is -2.21. The van der Waals surface area contributed by atoms with E-state index in [1.54, 1.807) is 17.9 Å². The molecule has 0 bridgehead atoms. The number of carbonyl (C=O) groups is 1. The maximum Gasteiger partial charge on any atom is 0.253 e. The van der Waals surface area contributed by atoms with Crippen molar-refractivity contribution in [1.29, 1.82) is 0 Å². The Kier molecular flexibility index (Phi) is 3.86. The molecule has 0 aromatic heterocycles. The topological polar surface area (TPSA) is 20.3 Å². The van der Waals surface area contributed by atoms with E-state index in [4.69, 9.17) is 0 Å². The van der Waals surface area contributed by atoms with E-state index in [1.807, 2.05) is 30.3 Å². The number of anilines is 1. The Labute approximate surface area is 90.5 Å². The highest BCUT2D eigenvalue weighted by Crippen LogP contribution is 2.15. The Hall–Kier alpha value is -1.83. The average molecular weight is 201 g/mol. The Bertz CT molecular complexity index is 367. The average Bonchev–Trinajstić information content (AvgIpc) is 2.26. The van der Waals surface area contributed by atoms with Crippen LogP contribution in [-0.4, -0.2) is 12.5 Å². The number of nitrogens with zero attached hydrogens (tertiary/aromatic N) is 1. The van der Waals surface area contributed by atoms with Crippen LogP contribution in [0.15, 0.2) is 55.1 Å². The molecular formula is C13H15NO. The van der Waals surface area contributed by atoms with E-state index in [-0.39, 0.29) is 5.91 Å². The van der Waals surface area contributed by atoms with Crippen molar-refractivity contribution in [3.8, 4) is 0 Å². The molecule has 78 valence electrons. The standard InChI is InChI=1S/C13H15NO/c1-4-10-14(13(15)11(2)3)12-8-6-5-7-9-12/h4-9H,1-2,10H2,3H3. The van der Waals surface area contributed by atoms with Gasteiger partial charge in [-0.1, -0.05) is 30.9 Å². The number of hydrogen-bond acceptors (Lipinski definition) is 1. The summed E-state index contributed by atoms with van der Waals surface area (Å²) in [6.07, 6.45) is 1.70. The fourth-order valence-corrected chi connectivity index (χ4v) is 1.27. The Morgan fingerprint density at radius 1 is 1.40 bits per heavy atom. The molecule has 0 atom stereocenters. The molecule has 1 rings (SSSR count). The second-order valence-electron chi connectivity index (χ2n) is 3.32. The SMILES string of the molecule is C=CCN(C(=O)C(=C)C)c1ccccc1. The smallest absolute Gasteiger partial charge is 0.253 e. The zero-order chi connectivity index (χ0) is 11.3. The summed E-state index contributed by atoms with van der Waals surface area (Å²) in [5, 5.41) is 0. The zero-order valence-corrected chi connectivity index (χ0v) is 8.94. The Balaban J connectivity index is 2.98. The monoisotopic (exact) mass is 201 g/mol. The number of benzene rings is 1. The van der Waals surface area contributed by atoms with Crippen molar-refractivity contribution in [3.63, 3.8) is 0 Å². The zero-order valence-electron chi connectivity index (χ0n) is 8.94. The number of amides is 1. The predicted molar refractivity (Wildman–Crippen MR) is 63.8 cm³/mol. The highest BCUT2D eigenvalue weighted by Gasteiger charge is 2.13. The van der Waals surface area contributed by atoms with Crippen molar-refractivity contribution in [2.24, 2.45) is 0 Å². The molecule has 0 saturated carbocycles. The Morgan fingerprint density at radius 3 is 2.47 bits per heavy atom. The van der Waals surface area contributed by atoms with Crippen molar-refractivity contribution in [3.05, 3.63) is 55.1 Å². The summed E-state index contributed by atoms with van der Waals surface area (Å²) in [4.78, 5) is 13.5. The summed E-state index contributed by atoms with van der Waals surface area (Å²) in [5.74, 6) is -0.0684. The van der Waals surface area contributed by atoms with Crippen LogP contribution in [0.4, 0.5) is 5.69 Å². The molecule has 2 heteroatoms. The van der Waals surface area contributed by atoms with Crippen molar-refractivity contribution in [1.82, 2.24) is 0 Å². The summed E-state index contributed by atoms with van der Waals surface area (Å²) in [6.45, 7) is 9.51. The van der Waals surface area contributed by atoms with Gasteiger partial charge in [0.1, 0.15) is 0 Å². The second-order valence-corrected chi connectivity index (χ2v) is 3.32. The van der Waals surface area contributed by atoms with Gasteiger partial charge in [-0.3, -0.25) is 4.79 Å². The highest BCUT2D eigenvalue weighted by molar-refractivity contribution is 6.04. The van der Waals surface area contributed by atoms with Crippen LogP contribution in [0.3, 0.4) is 0 Å². The number of para-hydroxylation sites is 1. The van der Waals surface area contributed by atoms with Gasteiger partial charge in [0.05, 0.1) is 0 Å². The molecule has 0 N–H and O–H groups in total. The fraction of sp³-hybridized carbons (Fsp3) is 0.154. The van der Waals surface area contributed by atoms with Crippen LogP contribution >= 0.6 is 0 Å². The van der Waals surface area contributed by atoms with Crippen LogP contribution in [0.5, 0.6) is 0 Å². The molecule has 0 unspecified atom stereocenters. The van der Waals surface area contributed by atoms with Gasteiger partial charge in [-0.05, 0) is 19.1 Å². The maximum absolute atomic E-state index is 11.8. The number of hydrogen-bond donors (Lipinski definition) is 0. The number of carbonyl (C=O) groups excluding carboxylic acids is 1. The predicted octanol–water partition coefficient (Wildman–Crippen LogP) is 2.78. The molecular weight excluding hydrogens is 186 g/mol. The lowest BCUT2D eigenvalue weighted by molar-refractivity contribution is -0.115. The molecule has 0 aliphatic rings. The fourth-order valence-electron chi connectivity index (χ4n) is 1.27. The first-order chi connectivity index (χ1) is 7.16. The lowest BCUT2D eigenvalue weighted by Crippen LogP contribution is -2.31. The summed E-state index contributed by atoms with van der Waals surface area (Å²) in [6, 6.07) is 9.50. The normalized spacial score (nSPS) is 9.40. The van der Waals surface area contributed by atoms with Gasteiger partial charge in [0.25, 0.3) is 5.91 Å². The quantitative estimate of drug-likeness (QED) is 0.542. The van der Waals surface area contributed by atoms with Crippen LogP contribution in [-0.2, 0) is 4.79 Å². The van der Waals surface area contributed by atoms with E-state index in [2.05, 4.69) is 13.2 Å². The van der Waals surface area contributed by atoms with Gasteiger partial charge in [-0.25, -0.2) is 0 Å². The molecule has 1 amide bonds. The third-order valence-corrected chi connectivity index (χ3v) is 1.99. The minimum absolute atomic E-state index is 0.0684. The van der Waals surface area contributed by atoms with E-state index in [9.17, 15) is 4.79 Å². The number of rotatable bonds is 4. The minimum atomic E-state index is -0.0684. The molecule has 0 spiro atoms. The van der Waals surface area contributed by atoms with Crippen LogP contribution in [0.2, 0.25) is 0 Å². The van der Waals surface area contributed by atoms with Crippen molar-refractivity contribution in [2.45, 2.75) is 6.92 Å². The van der Waals surface area contributed by atoms with E-state index in [0.717, 1.165) is 5.69 Å². The third kappa shape index (κ3) is 2.81. The summed E-state index contributed by atoms with van der Waals surface area (Å²) in [5.41, 5.74) is 1.39. The molecule has 1 aromatic carbocycles. The molecule has 0 heterocycles. The second kappa shape index (κ2) is 5.15. The summed E-state index contributed by atoms with van der Waals surface area (Å²) in [7, 11) is 0. The van der Waals surface area contributed by atoms with E-state index >= 15 is 0 Å². The van der Waals surface area contributed by atoms with Gasteiger partial charge in [0.15, 0.2) is 0 Å². The molecule has 15 heavy (non-hydrogen) atoms. The van der Waals surface area contributed by atoms with Crippen LogP contribution in [0.1, 0.15) is 6.92 Å². The molecule has 1 aromatic rings. The molecule has 0 aliphatic carbocycles. The van der Waals surface area contributed by atoms with Gasteiger partial charge in [0, 0.05) is 17.8 Å². The Morgan fingerprint density at radius 2 is 2.00 bits per heavy atom. The van der Waals surface area contributed by atoms with Crippen molar-refractivity contribution < 1.29 is 4.79 Å². The minimum Gasteiger partial charge on any atom is -0.305 e. The largest absolute Gasteiger partial charge is 0.305 e. The van der Waals surface area contributed by atoms with Crippen LogP contribution in [0, 0.1) is 0 Å². The van der Waals surface area contributed by atoms with Gasteiger partial charge < -0.3 is 4.90 Å². The van der Waals surface area contributed by atoms with Gasteiger partial charge >= 0.3 is 0 Å². The van der Waals surface area contributed by atoms with E-state index < -0.39 is 0 Å². The first-order valence-corrected chi connectivity index (χ1v) is 4.80. The summed E-state index contributed by atoms with van der Waals surface area (Å²) < 4.78 is 0. The third-order valence-electron chi connectivity index (χ3n) is 1.99. The summed E-state index contributed by atoms with van der Waals surface area (Å²) >= 11 is 0. The highest BCUT2D eigenvalue weighted by atomic mass is 16.2. The van der Waals surface area contributed by atoms with Crippen LogP contribution < -0.4 is 4.90 Å².